The molecular weight excluding hydrogens is 210 g/mol. The molecule has 0 saturated heterocycles. The third-order valence-corrected chi connectivity index (χ3v) is 3.58. The van der Waals surface area contributed by atoms with E-state index in [2.05, 4.69) is 29.1 Å². The second-order valence-electron chi connectivity index (χ2n) is 3.45. The van der Waals surface area contributed by atoms with Gasteiger partial charge in [0, 0.05) is 18.9 Å². The molecule has 0 aliphatic carbocycles. The molecule has 0 aliphatic rings. The van der Waals surface area contributed by atoms with Crippen LogP contribution in [0.3, 0.4) is 0 Å². The van der Waals surface area contributed by atoms with Gasteiger partial charge >= 0.3 is 0 Å². The van der Waals surface area contributed by atoms with Gasteiger partial charge in [-0.25, -0.2) is 0 Å². The summed E-state index contributed by atoms with van der Waals surface area (Å²) >= 11 is 1.59. The van der Waals surface area contributed by atoms with Crippen LogP contribution in [0.25, 0.3) is 4.96 Å². The fourth-order valence-corrected chi connectivity index (χ4v) is 2.55. The van der Waals surface area contributed by atoms with Crippen molar-refractivity contribution in [3.05, 3.63) is 10.8 Å². The second-order valence-corrected chi connectivity index (χ2v) is 4.43. The number of fused-ring (bicyclic) bond motifs is 1. The van der Waals surface area contributed by atoms with Crippen molar-refractivity contribution in [2.24, 2.45) is 5.73 Å². The van der Waals surface area contributed by atoms with E-state index < -0.39 is 0 Å². The van der Waals surface area contributed by atoms with Crippen molar-refractivity contribution in [1.29, 1.82) is 0 Å². The van der Waals surface area contributed by atoms with Gasteiger partial charge in [-0.1, -0.05) is 25.2 Å². The fourth-order valence-electron chi connectivity index (χ4n) is 1.50. The lowest BCUT2D eigenvalue weighted by Crippen LogP contribution is -2.11. The maximum absolute atomic E-state index is 5.70. The Hall–Kier alpha value is -1.01. The van der Waals surface area contributed by atoms with Crippen molar-refractivity contribution in [3.8, 4) is 0 Å². The third kappa shape index (κ3) is 1.74. The van der Waals surface area contributed by atoms with Gasteiger partial charge < -0.3 is 5.73 Å². The van der Waals surface area contributed by atoms with Crippen LogP contribution in [0.1, 0.15) is 37.0 Å². The smallest absolute Gasteiger partial charge is 0.234 e. The summed E-state index contributed by atoms with van der Waals surface area (Å²) in [4.78, 5) is 0.869. The third-order valence-electron chi connectivity index (χ3n) is 2.51. The topological polar surface area (TPSA) is 69.1 Å². The van der Waals surface area contributed by atoms with Crippen molar-refractivity contribution in [2.45, 2.75) is 32.6 Å². The Bertz CT molecular complexity index is 442. The number of nitrogens with two attached hydrogens (primary N) is 1. The van der Waals surface area contributed by atoms with E-state index in [1.807, 2.05) is 4.52 Å². The van der Waals surface area contributed by atoms with Gasteiger partial charge in [-0.05, 0) is 6.42 Å². The summed E-state index contributed by atoms with van der Waals surface area (Å²) in [5.41, 5.74) is 5.70. The first-order chi connectivity index (χ1) is 7.30. The molecule has 15 heavy (non-hydrogen) atoms. The molecule has 0 radical (unpaired) electrons. The summed E-state index contributed by atoms with van der Waals surface area (Å²) in [5, 5.41) is 13.7. The predicted molar refractivity (Wildman–Crippen MR) is 60.1 cm³/mol. The number of hydrogen-bond donors (Lipinski definition) is 1. The van der Waals surface area contributed by atoms with Crippen LogP contribution in [0.4, 0.5) is 0 Å². The molecule has 2 rings (SSSR count). The highest BCUT2D eigenvalue weighted by Gasteiger charge is 2.16. The first-order valence-electron chi connectivity index (χ1n) is 5.21. The van der Waals surface area contributed by atoms with Gasteiger partial charge in [0.25, 0.3) is 0 Å². The largest absolute Gasteiger partial charge is 0.330 e. The zero-order valence-electron chi connectivity index (χ0n) is 8.97. The van der Waals surface area contributed by atoms with E-state index >= 15 is 0 Å². The highest BCUT2D eigenvalue weighted by atomic mass is 32.1. The Balaban J connectivity index is 2.42. The van der Waals surface area contributed by atoms with E-state index in [0.717, 1.165) is 28.6 Å². The van der Waals surface area contributed by atoms with Crippen LogP contribution in [0.5, 0.6) is 0 Å². The molecule has 0 amide bonds. The van der Waals surface area contributed by atoms with E-state index in [1.54, 1.807) is 11.3 Å². The van der Waals surface area contributed by atoms with Gasteiger partial charge in [0.05, 0.1) is 0 Å². The van der Waals surface area contributed by atoms with Gasteiger partial charge in [0.15, 0.2) is 5.82 Å². The van der Waals surface area contributed by atoms with Crippen LogP contribution in [-0.4, -0.2) is 26.4 Å². The molecule has 1 unspecified atom stereocenters. The Labute approximate surface area is 92.3 Å². The number of aromatic nitrogens is 4. The average Bonchev–Trinajstić information content (AvgIpc) is 2.79. The van der Waals surface area contributed by atoms with Gasteiger partial charge in [-0.2, -0.15) is 9.61 Å². The molecule has 0 spiro atoms. The lowest BCUT2D eigenvalue weighted by atomic mass is 10.1. The quantitative estimate of drug-likeness (QED) is 0.849. The van der Waals surface area contributed by atoms with E-state index in [1.165, 1.54) is 0 Å². The number of rotatable bonds is 4. The van der Waals surface area contributed by atoms with Crippen LogP contribution >= 0.6 is 11.3 Å². The molecule has 2 heterocycles. The van der Waals surface area contributed by atoms with Crippen molar-refractivity contribution >= 4 is 16.3 Å². The van der Waals surface area contributed by atoms with E-state index in [4.69, 9.17) is 5.73 Å². The molecule has 6 heteroatoms. The second kappa shape index (κ2) is 4.24. The van der Waals surface area contributed by atoms with E-state index in [-0.39, 0.29) is 0 Å². The molecule has 0 aliphatic heterocycles. The maximum Gasteiger partial charge on any atom is 0.234 e. The SMILES string of the molecule is CCc1nnc2sc(C(CC)CN)nn12. The Morgan fingerprint density at radius 1 is 1.40 bits per heavy atom. The van der Waals surface area contributed by atoms with Crippen molar-refractivity contribution < 1.29 is 0 Å². The summed E-state index contributed by atoms with van der Waals surface area (Å²) in [6, 6.07) is 0. The van der Waals surface area contributed by atoms with Crippen LogP contribution in [-0.2, 0) is 6.42 Å². The molecule has 5 nitrogen and oxygen atoms in total. The molecular formula is C9H15N5S. The molecule has 2 aromatic heterocycles. The summed E-state index contributed by atoms with van der Waals surface area (Å²) in [6.45, 7) is 4.82. The van der Waals surface area contributed by atoms with Gasteiger partial charge in [-0.15, -0.1) is 10.2 Å². The minimum absolute atomic E-state index is 0.349. The van der Waals surface area contributed by atoms with Crippen molar-refractivity contribution in [1.82, 2.24) is 19.8 Å². The molecule has 0 bridgehead atoms. The number of nitrogens with zero attached hydrogens (tertiary/aromatic N) is 4. The molecule has 2 N–H and O–H groups in total. The lowest BCUT2D eigenvalue weighted by molar-refractivity contribution is 0.650. The van der Waals surface area contributed by atoms with E-state index in [0.29, 0.717) is 12.5 Å². The van der Waals surface area contributed by atoms with Crippen LogP contribution in [0.2, 0.25) is 0 Å². The predicted octanol–water partition coefficient (Wildman–Crippen LogP) is 1.20. The minimum atomic E-state index is 0.349. The average molecular weight is 225 g/mol. The molecule has 0 aromatic carbocycles. The van der Waals surface area contributed by atoms with Crippen LogP contribution in [0, 0.1) is 0 Å². The Morgan fingerprint density at radius 2 is 2.20 bits per heavy atom. The maximum atomic E-state index is 5.70. The first kappa shape index (κ1) is 10.5. The molecule has 1 atom stereocenters. The molecule has 82 valence electrons. The summed E-state index contributed by atoms with van der Waals surface area (Å²) in [7, 11) is 0. The van der Waals surface area contributed by atoms with Crippen LogP contribution < -0.4 is 5.73 Å². The highest BCUT2D eigenvalue weighted by molar-refractivity contribution is 7.16. The normalized spacial score (nSPS) is 13.5. The zero-order chi connectivity index (χ0) is 10.8. The molecule has 2 aromatic rings. The lowest BCUT2D eigenvalue weighted by Gasteiger charge is -2.05. The van der Waals surface area contributed by atoms with Gasteiger partial charge in [-0.3, -0.25) is 0 Å². The molecule has 0 fully saturated rings. The number of hydrogen-bond acceptors (Lipinski definition) is 5. The van der Waals surface area contributed by atoms with Crippen molar-refractivity contribution in [2.75, 3.05) is 6.54 Å². The Morgan fingerprint density at radius 3 is 2.80 bits per heavy atom. The standard InChI is InChI=1S/C9H15N5S/c1-3-6(5-10)8-13-14-7(4-2)11-12-9(14)15-8/h6H,3-5,10H2,1-2H3. The summed E-state index contributed by atoms with van der Waals surface area (Å²) in [5.74, 6) is 1.26. The number of aryl methyl sites for hydroxylation is 1. The fraction of sp³-hybridized carbons (Fsp3) is 0.667. The summed E-state index contributed by atoms with van der Waals surface area (Å²) in [6.07, 6.45) is 1.87. The highest BCUT2D eigenvalue weighted by Crippen LogP contribution is 2.23. The first-order valence-corrected chi connectivity index (χ1v) is 6.02. The van der Waals surface area contributed by atoms with Gasteiger partial charge in [0.2, 0.25) is 4.96 Å². The molecule has 0 saturated carbocycles. The van der Waals surface area contributed by atoms with E-state index in [9.17, 15) is 0 Å². The van der Waals surface area contributed by atoms with Crippen molar-refractivity contribution in [3.63, 3.8) is 0 Å². The minimum Gasteiger partial charge on any atom is -0.330 e. The van der Waals surface area contributed by atoms with Crippen LogP contribution in [0.15, 0.2) is 0 Å². The van der Waals surface area contributed by atoms with Gasteiger partial charge in [0.1, 0.15) is 5.01 Å². The monoisotopic (exact) mass is 225 g/mol. The zero-order valence-corrected chi connectivity index (χ0v) is 9.79. The Kier molecular flexibility index (Phi) is 2.97. The summed E-state index contributed by atoms with van der Waals surface area (Å²) < 4.78 is 1.83.